The fourth-order valence-electron chi connectivity index (χ4n) is 3.81. The van der Waals surface area contributed by atoms with Crippen LogP contribution >= 0.6 is 8.58 Å². The van der Waals surface area contributed by atoms with Crippen molar-refractivity contribution < 1.29 is 14.3 Å². The predicted octanol–water partition coefficient (Wildman–Crippen LogP) is 3.66. The molecule has 3 aliphatic heterocycles. The maximum atomic E-state index is 12.9. The Labute approximate surface area is 167 Å². The summed E-state index contributed by atoms with van der Waals surface area (Å²) in [6.45, 7) is 4.02. The molecule has 0 radical (unpaired) electrons. The molecular weight excluding hydrogens is 371 g/mol. The summed E-state index contributed by atoms with van der Waals surface area (Å²) >= 11 is 0. The first-order valence-corrected chi connectivity index (χ1v) is 10.5. The first-order chi connectivity index (χ1) is 13.6. The zero-order valence-electron chi connectivity index (χ0n) is 16.4. The van der Waals surface area contributed by atoms with Crippen molar-refractivity contribution in [3.8, 4) is 11.5 Å². The van der Waals surface area contributed by atoms with E-state index in [9.17, 15) is 4.79 Å². The lowest BCUT2D eigenvalue weighted by Gasteiger charge is -2.36. The molecule has 4 rings (SSSR count). The van der Waals surface area contributed by atoms with Crippen LogP contribution in [-0.4, -0.2) is 43.9 Å². The Kier molecular flexibility index (Phi) is 5.38. The monoisotopic (exact) mass is 396 g/mol. The highest BCUT2D eigenvalue weighted by atomic mass is 31.1. The van der Waals surface area contributed by atoms with Crippen molar-refractivity contribution in [2.75, 3.05) is 27.3 Å². The molecule has 3 aliphatic rings. The van der Waals surface area contributed by atoms with Crippen LogP contribution in [0.4, 0.5) is 0 Å². The normalized spacial score (nSPS) is 22.8. The molecule has 1 amide bonds. The van der Waals surface area contributed by atoms with Gasteiger partial charge in [-0.2, -0.15) is 0 Å². The molecule has 0 fully saturated rings. The van der Waals surface area contributed by atoms with E-state index in [1.807, 2.05) is 29.3 Å². The third-order valence-corrected chi connectivity index (χ3v) is 6.82. The maximum Gasteiger partial charge on any atom is 0.252 e. The number of methoxy groups -OCH3 is 2. The third kappa shape index (κ3) is 3.52. The van der Waals surface area contributed by atoms with E-state index in [1.165, 1.54) is 16.7 Å². The number of amides is 1. The summed E-state index contributed by atoms with van der Waals surface area (Å²) in [4.78, 5) is 14.8. The highest BCUT2D eigenvalue weighted by molar-refractivity contribution is 7.51. The number of carbonyl (C=O) groups excluding carboxylic acids is 1. The van der Waals surface area contributed by atoms with Crippen LogP contribution in [0, 0.1) is 0 Å². The highest BCUT2D eigenvalue weighted by Gasteiger charge is 2.31. The third-order valence-electron chi connectivity index (χ3n) is 5.33. The molecule has 0 bridgehead atoms. The molecule has 0 saturated heterocycles. The van der Waals surface area contributed by atoms with Crippen molar-refractivity contribution in [1.29, 1.82) is 0 Å². The molecule has 6 heteroatoms. The maximum absolute atomic E-state index is 12.9. The van der Waals surface area contributed by atoms with E-state index in [0.29, 0.717) is 20.1 Å². The first-order valence-electron chi connectivity index (χ1n) is 9.44. The average Bonchev–Trinajstić information content (AvgIpc) is 2.73. The van der Waals surface area contributed by atoms with Gasteiger partial charge in [-0.3, -0.25) is 4.79 Å². The molecule has 0 spiro atoms. The van der Waals surface area contributed by atoms with Crippen LogP contribution in [0.15, 0.2) is 59.3 Å². The summed E-state index contributed by atoms with van der Waals surface area (Å²) < 4.78 is 10.7. The quantitative estimate of drug-likeness (QED) is 0.790. The van der Waals surface area contributed by atoms with Gasteiger partial charge in [-0.15, -0.1) is 0 Å². The molecule has 5 nitrogen and oxygen atoms in total. The molecular formula is C22H25N2O3P. The second kappa shape index (κ2) is 7.94. The zero-order chi connectivity index (χ0) is 19.7. The van der Waals surface area contributed by atoms with Gasteiger partial charge in [0.15, 0.2) is 11.5 Å². The Morgan fingerprint density at radius 3 is 2.75 bits per heavy atom. The molecule has 1 N–H and O–H groups in total. The minimum absolute atomic E-state index is 0.0318. The number of ether oxygens (including phenoxy) is 2. The highest BCUT2D eigenvalue weighted by Crippen LogP contribution is 2.47. The van der Waals surface area contributed by atoms with Crippen molar-refractivity contribution in [3.63, 3.8) is 0 Å². The van der Waals surface area contributed by atoms with Crippen molar-refractivity contribution in [1.82, 2.24) is 10.2 Å². The Bertz CT molecular complexity index is 930. The van der Waals surface area contributed by atoms with Gasteiger partial charge < -0.3 is 19.7 Å². The Hall–Kier alpha value is -2.36. The molecule has 146 valence electrons. The lowest BCUT2D eigenvalue weighted by molar-refractivity contribution is -0.123. The number of benzene rings is 1. The van der Waals surface area contributed by atoms with Gasteiger partial charge in [-0.1, -0.05) is 26.8 Å². The molecule has 2 unspecified atom stereocenters. The van der Waals surface area contributed by atoms with E-state index in [-0.39, 0.29) is 11.7 Å². The molecule has 3 heterocycles. The van der Waals surface area contributed by atoms with E-state index in [1.54, 1.807) is 20.3 Å². The Morgan fingerprint density at radius 1 is 1.21 bits per heavy atom. The zero-order valence-corrected chi connectivity index (χ0v) is 17.4. The molecule has 0 aromatic heterocycles. The van der Waals surface area contributed by atoms with Gasteiger partial charge in [0.05, 0.1) is 20.0 Å². The summed E-state index contributed by atoms with van der Waals surface area (Å²) in [6.07, 6.45) is 9.28. The molecule has 1 aromatic carbocycles. The van der Waals surface area contributed by atoms with Gasteiger partial charge in [0.1, 0.15) is 0 Å². The van der Waals surface area contributed by atoms with Crippen LogP contribution in [0.2, 0.25) is 0 Å². The van der Waals surface area contributed by atoms with Crippen molar-refractivity contribution in [2.45, 2.75) is 19.1 Å². The molecule has 0 saturated carbocycles. The van der Waals surface area contributed by atoms with E-state index < -0.39 is 0 Å². The summed E-state index contributed by atoms with van der Waals surface area (Å²) in [5.74, 6) is 1.47. The molecule has 2 atom stereocenters. The summed E-state index contributed by atoms with van der Waals surface area (Å²) in [5, 5.41) is 4.39. The van der Waals surface area contributed by atoms with E-state index >= 15 is 0 Å². The van der Waals surface area contributed by atoms with Crippen LogP contribution < -0.4 is 14.8 Å². The van der Waals surface area contributed by atoms with Crippen molar-refractivity contribution in [3.05, 3.63) is 64.9 Å². The number of rotatable bonds is 4. The lowest BCUT2D eigenvalue weighted by atomic mass is 9.93. The van der Waals surface area contributed by atoms with E-state index in [2.05, 4.69) is 24.4 Å². The van der Waals surface area contributed by atoms with Crippen LogP contribution in [0.3, 0.4) is 0 Å². The van der Waals surface area contributed by atoms with Crippen LogP contribution in [-0.2, 0) is 4.79 Å². The first kappa shape index (κ1) is 19.0. The van der Waals surface area contributed by atoms with E-state index in [0.717, 1.165) is 30.4 Å². The number of hydrogen-bond acceptors (Lipinski definition) is 4. The minimum atomic E-state index is 0.0318. The van der Waals surface area contributed by atoms with Gasteiger partial charge in [0.2, 0.25) is 0 Å². The van der Waals surface area contributed by atoms with Crippen molar-refractivity contribution >= 4 is 19.8 Å². The molecule has 1 aromatic rings. The van der Waals surface area contributed by atoms with Crippen LogP contribution in [0.25, 0.3) is 5.31 Å². The topological polar surface area (TPSA) is 50.8 Å². The second-order valence-corrected chi connectivity index (χ2v) is 8.46. The van der Waals surface area contributed by atoms with Crippen LogP contribution in [0.5, 0.6) is 11.5 Å². The smallest absolute Gasteiger partial charge is 0.252 e. The predicted molar refractivity (Wildman–Crippen MR) is 114 cm³/mol. The second-order valence-electron chi connectivity index (χ2n) is 7.04. The fourth-order valence-corrected chi connectivity index (χ4v) is 5.33. The Morgan fingerprint density at radius 2 is 2.04 bits per heavy atom. The van der Waals surface area contributed by atoms with Gasteiger partial charge >= 0.3 is 0 Å². The number of fused-ring (bicyclic) bond motifs is 1. The number of nitrogens with one attached hydrogen (secondary N) is 1. The van der Waals surface area contributed by atoms with Crippen LogP contribution in [0.1, 0.15) is 18.9 Å². The summed E-state index contributed by atoms with van der Waals surface area (Å²) in [6, 6.07) is 5.82. The summed E-state index contributed by atoms with van der Waals surface area (Å²) in [7, 11) is 3.73. The van der Waals surface area contributed by atoms with Gasteiger partial charge in [-0.05, 0) is 59.6 Å². The fraction of sp³-hybridized carbons (Fsp3) is 0.318. The molecule has 28 heavy (non-hydrogen) atoms. The molecule has 0 aliphatic carbocycles. The lowest BCUT2D eigenvalue weighted by Crippen LogP contribution is -2.36. The standard InChI is InChI=1S/C22H25N2O3P/c1-14-10-22-24(13-17(14)15-6-8-23-9-7-15)21(25)12-20(28-22)16-4-5-18(26-2)19(11-16)27-3/h4-6,10-13,22-23,28H,7-9H2,1-3H3. The minimum Gasteiger partial charge on any atom is -0.493 e. The number of carbonyl (C=O) groups is 1. The van der Waals surface area contributed by atoms with Gasteiger partial charge in [0, 0.05) is 18.8 Å². The summed E-state index contributed by atoms with van der Waals surface area (Å²) in [5.41, 5.74) is 4.78. The number of nitrogens with zero attached hydrogens (tertiary/aromatic N) is 1. The van der Waals surface area contributed by atoms with E-state index in [4.69, 9.17) is 9.47 Å². The SMILES string of the molecule is COc1ccc(C2=CC(=O)N3C=C(C4=CCNCC4)C(C)=CC3P2)cc1OC. The van der Waals surface area contributed by atoms with Gasteiger partial charge in [0.25, 0.3) is 5.91 Å². The average molecular weight is 396 g/mol. The van der Waals surface area contributed by atoms with Gasteiger partial charge in [-0.25, -0.2) is 0 Å². The largest absolute Gasteiger partial charge is 0.493 e. The number of hydrogen-bond donors (Lipinski definition) is 1. The Balaban J connectivity index is 1.64. The number of allylic oxidation sites excluding steroid dienone is 2. The van der Waals surface area contributed by atoms with Crippen molar-refractivity contribution in [2.24, 2.45) is 0 Å².